The highest BCUT2D eigenvalue weighted by molar-refractivity contribution is 5.46. The van der Waals surface area contributed by atoms with Crippen LogP contribution in [-0.2, 0) is 0 Å². The third kappa shape index (κ3) is 2.81. The van der Waals surface area contributed by atoms with Crippen LogP contribution in [0.4, 0.5) is 20.4 Å². The first-order chi connectivity index (χ1) is 12.0. The Kier molecular flexibility index (Phi) is 4.01. The molecule has 7 heteroatoms. The Labute approximate surface area is 145 Å². The molecule has 2 fully saturated rings. The van der Waals surface area contributed by atoms with Crippen molar-refractivity contribution < 1.29 is 8.78 Å². The Morgan fingerprint density at radius 2 is 1.60 bits per heavy atom. The van der Waals surface area contributed by atoms with Crippen LogP contribution >= 0.6 is 0 Å². The second kappa shape index (κ2) is 6.20. The molecule has 2 aliphatic rings. The molecule has 0 aliphatic carbocycles. The van der Waals surface area contributed by atoms with Gasteiger partial charge in [-0.05, 0) is 18.1 Å². The molecule has 0 radical (unpaired) electrons. The molecule has 4 rings (SSSR count). The van der Waals surface area contributed by atoms with Gasteiger partial charge in [0, 0.05) is 44.2 Å². The van der Waals surface area contributed by atoms with E-state index in [1.54, 1.807) is 12.3 Å². The van der Waals surface area contributed by atoms with Crippen LogP contribution in [0.1, 0.15) is 25.5 Å². The molecule has 4 heterocycles. The van der Waals surface area contributed by atoms with Crippen LogP contribution in [0.25, 0.3) is 0 Å². The summed E-state index contributed by atoms with van der Waals surface area (Å²) in [6, 6.07) is 3.04. The van der Waals surface area contributed by atoms with Crippen LogP contribution in [0.15, 0.2) is 24.7 Å². The van der Waals surface area contributed by atoms with E-state index in [-0.39, 0.29) is 17.6 Å². The fourth-order valence-corrected chi connectivity index (χ4v) is 3.95. The molecule has 0 N–H and O–H groups in total. The van der Waals surface area contributed by atoms with Gasteiger partial charge in [0.2, 0.25) is 0 Å². The first-order valence-corrected chi connectivity index (χ1v) is 8.65. The summed E-state index contributed by atoms with van der Waals surface area (Å²) < 4.78 is 28.7. The number of hydrogen-bond donors (Lipinski definition) is 0. The van der Waals surface area contributed by atoms with Gasteiger partial charge in [0.1, 0.15) is 6.33 Å². The highest BCUT2D eigenvalue weighted by Crippen LogP contribution is 2.36. The molecule has 2 saturated heterocycles. The minimum absolute atomic E-state index is 0.0199. The summed E-state index contributed by atoms with van der Waals surface area (Å²) in [5.74, 6) is 0.943. The van der Waals surface area contributed by atoms with Crippen molar-refractivity contribution in [2.45, 2.75) is 19.8 Å². The van der Waals surface area contributed by atoms with Crippen molar-refractivity contribution in [2.24, 2.45) is 11.8 Å². The number of rotatable bonds is 3. The van der Waals surface area contributed by atoms with Gasteiger partial charge in [0.05, 0.1) is 5.69 Å². The van der Waals surface area contributed by atoms with Gasteiger partial charge in [-0.15, -0.1) is 0 Å². The molecule has 0 spiro atoms. The molecular weight excluding hydrogens is 324 g/mol. The fraction of sp³-hybridized carbons (Fsp3) is 0.500. The van der Waals surface area contributed by atoms with E-state index in [1.165, 1.54) is 12.4 Å². The Morgan fingerprint density at radius 3 is 2.20 bits per heavy atom. The molecule has 2 atom stereocenters. The third-order valence-corrected chi connectivity index (χ3v) is 5.17. The van der Waals surface area contributed by atoms with Gasteiger partial charge in [0.15, 0.2) is 23.3 Å². The predicted octanol–water partition coefficient (Wildman–Crippen LogP) is 2.85. The van der Waals surface area contributed by atoms with Gasteiger partial charge >= 0.3 is 0 Å². The highest BCUT2D eigenvalue weighted by atomic mass is 19.1. The maximum atomic E-state index is 14.7. The molecule has 0 bridgehead atoms. The summed E-state index contributed by atoms with van der Waals surface area (Å²) in [5, 5.41) is 0. The normalized spacial score (nSPS) is 22.8. The van der Waals surface area contributed by atoms with E-state index in [4.69, 9.17) is 0 Å². The largest absolute Gasteiger partial charge is 0.353 e. The fourth-order valence-electron chi connectivity index (χ4n) is 3.95. The maximum absolute atomic E-state index is 14.7. The highest BCUT2D eigenvalue weighted by Gasteiger charge is 2.42. The van der Waals surface area contributed by atoms with E-state index in [1.807, 2.05) is 23.6 Å². The molecular formula is C18H21F2N5. The van der Waals surface area contributed by atoms with Crippen LogP contribution in [0.2, 0.25) is 0 Å². The molecule has 25 heavy (non-hydrogen) atoms. The lowest BCUT2D eigenvalue weighted by molar-refractivity contribution is 0.533. The molecule has 2 aromatic heterocycles. The average molecular weight is 345 g/mol. The van der Waals surface area contributed by atoms with Crippen LogP contribution < -0.4 is 9.80 Å². The topological polar surface area (TPSA) is 45.2 Å². The number of nitrogens with zero attached hydrogens (tertiary/aromatic N) is 5. The minimum Gasteiger partial charge on any atom is -0.353 e. The molecule has 5 nitrogen and oxygen atoms in total. The van der Waals surface area contributed by atoms with Gasteiger partial charge in [-0.3, -0.25) is 0 Å². The van der Waals surface area contributed by atoms with Crippen molar-refractivity contribution in [1.82, 2.24) is 15.0 Å². The van der Waals surface area contributed by atoms with Crippen molar-refractivity contribution in [3.05, 3.63) is 42.0 Å². The standard InChI is InChI=1S/C18H21F2N5/c1-11(2)16-15(20)18(23-10-22-16)25-8-12-6-24(7-13(12)9-25)17-14(19)4-3-5-21-17/h3-5,10-13H,6-9H2,1-2H3. The van der Waals surface area contributed by atoms with E-state index < -0.39 is 0 Å². The molecule has 0 aromatic carbocycles. The van der Waals surface area contributed by atoms with Crippen molar-refractivity contribution in [2.75, 3.05) is 36.0 Å². The zero-order valence-corrected chi connectivity index (χ0v) is 14.4. The zero-order valence-electron chi connectivity index (χ0n) is 14.4. The molecule has 2 aliphatic heterocycles. The second-order valence-corrected chi connectivity index (χ2v) is 7.19. The number of pyridine rings is 1. The smallest absolute Gasteiger partial charge is 0.187 e. The summed E-state index contributed by atoms with van der Waals surface area (Å²) in [6.07, 6.45) is 3.06. The summed E-state index contributed by atoms with van der Waals surface area (Å²) >= 11 is 0. The van der Waals surface area contributed by atoms with Crippen LogP contribution in [-0.4, -0.2) is 41.1 Å². The monoisotopic (exact) mass is 345 g/mol. The molecule has 0 amide bonds. The van der Waals surface area contributed by atoms with Gasteiger partial charge in [0.25, 0.3) is 0 Å². The number of fused-ring (bicyclic) bond motifs is 1. The molecule has 132 valence electrons. The number of aromatic nitrogens is 3. The Bertz CT molecular complexity index is 768. The summed E-state index contributed by atoms with van der Waals surface area (Å²) in [7, 11) is 0. The molecule has 0 saturated carbocycles. The molecule has 2 unspecified atom stereocenters. The average Bonchev–Trinajstić information content (AvgIpc) is 3.14. The van der Waals surface area contributed by atoms with E-state index in [0.717, 1.165) is 26.2 Å². The number of hydrogen-bond acceptors (Lipinski definition) is 5. The van der Waals surface area contributed by atoms with Gasteiger partial charge in [-0.1, -0.05) is 13.8 Å². The van der Waals surface area contributed by atoms with E-state index >= 15 is 0 Å². The second-order valence-electron chi connectivity index (χ2n) is 7.19. The van der Waals surface area contributed by atoms with Crippen molar-refractivity contribution in [1.29, 1.82) is 0 Å². The van der Waals surface area contributed by atoms with Crippen LogP contribution in [0.5, 0.6) is 0 Å². The summed E-state index contributed by atoms with van der Waals surface area (Å²) in [5.41, 5.74) is 0.458. The lowest BCUT2D eigenvalue weighted by atomic mass is 10.0. The van der Waals surface area contributed by atoms with Crippen molar-refractivity contribution in [3.8, 4) is 0 Å². The molecule has 2 aromatic rings. The minimum atomic E-state index is -0.315. The Balaban J connectivity index is 1.50. The van der Waals surface area contributed by atoms with Crippen molar-refractivity contribution >= 4 is 11.6 Å². The number of halogens is 2. The van der Waals surface area contributed by atoms with E-state index in [0.29, 0.717) is 29.2 Å². The zero-order chi connectivity index (χ0) is 17.6. The number of anilines is 2. The SMILES string of the molecule is CC(C)c1ncnc(N2CC3CN(c4ncccc4F)CC3C2)c1F. The van der Waals surface area contributed by atoms with Gasteiger partial charge < -0.3 is 9.80 Å². The van der Waals surface area contributed by atoms with E-state index in [2.05, 4.69) is 15.0 Å². The van der Waals surface area contributed by atoms with Crippen molar-refractivity contribution in [3.63, 3.8) is 0 Å². The Hall–Kier alpha value is -2.31. The Morgan fingerprint density at radius 1 is 0.960 bits per heavy atom. The lowest BCUT2D eigenvalue weighted by Gasteiger charge is -2.24. The summed E-state index contributed by atoms with van der Waals surface area (Å²) in [4.78, 5) is 16.4. The predicted molar refractivity (Wildman–Crippen MR) is 91.7 cm³/mol. The quantitative estimate of drug-likeness (QED) is 0.856. The van der Waals surface area contributed by atoms with Gasteiger partial charge in [-0.25, -0.2) is 23.7 Å². The first-order valence-electron chi connectivity index (χ1n) is 8.65. The van der Waals surface area contributed by atoms with E-state index in [9.17, 15) is 8.78 Å². The first kappa shape index (κ1) is 16.2. The van der Waals surface area contributed by atoms with Crippen LogP contribution in [0, 0.1) is 23.5 Å². The third-order valence-electron chi connectivity index (χ3n) is 5.17. The summed E-state index contributed by atoms with van der Waals surface area (Å²) in [6.45, 7) is 6.76. The maximum Gasteiger partial charge on any atom is 0.187 e. The van der Waals surface area contributed by atoms with Crippen LogP contribution in [0.3, 0.4) is 0 Å². The lowest BCUT2D eigenvalue weighted by Crippen LogP contribution is -2.30. The van der Waals surface area contributed by atoms with Gasteiger partial charge in [-0.2, -0.15) is 0 Å².